The molecule has 3 heterocycles. The van der Waals surface area contributed by atoms with E-state index in [2.05, 4.69) is 49.4 Å². The first kappa shape index (κ1) is 17.9. The molecule has 1 saturated carbocycles. The number of guanidine groups is 1. The van der Waals surface area contributed by atoms with E-state index in [9.17, 15) is 0 Å². The third kappa shape index (κ3) is 3.96. The lowest BCUT2D eigenvalue weighted by Gasteiger charge is -2.27. The second kappa shape index (κ2) is 7.28. The van der Waals surface area contributed by atoms with Gasteiger partial charge in [0.2, 0.25) is 0 Å². The highest BCUT2D eigenvalue weighted by atomic mass is 15.3. The van der Waals surface area contributed by atoms with Gasteiger partial charge in [0.1, 0.15) is 24.0 Å². The van der Waals surface area contributed by atoms with Gasteiger partial charge in [-0.05, 0) is 26.2 Å². The molecule has 1 fully saturated rings. The van der Waals surface area contributed by atoms with Crippen LogP contribution >= 0.6 is 0 Å². The van der Waals surface area contributed by atoms with Gasteiger partial charge in [-0.2, -0.15) is 0 Å². The van der Waals surface area contributed by atoms with Crippen molar-refractivity contribution < 1.29 is 0 Å². The summed E-state index contributed by atoms with van der Waals surface area (Å²) in [6.07, 6.45) is 4.39. The number of nitrogens with zero attached hydrogens (tertiary/aromatic N) is 7. The fourth-order valence-electron chi connectivity index (χ4n) is 3.38. The van der Waals surface area contributed by atoms with Crippen molar-refractivity contribution in [2.75, 3.05) is 0 Å². The molecule has 1 unspecified atom stereocenters. The number of hydrogen-bond acceptors (Lipinski definition) is 5. The van der Waals surface area contributed by atoms with Crippen molar-refractivity contribution in [1.29, 1.82) is 0 Å². The Kier molecular flexibility index (Phi) is 4.84. The van der Waals surface area contributed by atoms with Gasteiger partial charge >= 0.3 is 0 Å². The monoisotopic (exact) mass is 371 g/mol. The van der Waals surface area contributed by atoms with Crippen molar-refractivity contribution in [3.05, 3.63) is 23.3 Å². The average molecular weight is 371 g/mol. The van der Waals surface area contributed by atoms with Crippen LogP contribution in [0.1, 0.15) is 62.3 Å². The van der Waals surface area contributed by atoms with Gasteiger partial charge in [-0.15, -0.1) is 20.4 Å². The van der Waals surface area contributed by atoms with E-state index in [1.165, 1.54) is 12.8 Å². The molecule has 0 aromatic carbocycles. The molecule has 146 valence electrons. The highest BCUT2D eigenvalue weighted by Crippen LogP contribution is 2.21. The molecule has 0 saturated heterocycles. The topological polar surface area (TPSA) is 97.8 Å². The van der Waals surface area contributed by atoms with Gasteiger partial charge in [0, 0.05) is 38.0 Å². The van der Waals surface area contributed by atoms with Crippen LogP contribution in [0.3, 0.4) is 0 Å². The Morgan fingerprint density at radius 2 is 1.89 bits per heavy atom. The van der Waals surface area contributed by atoms with E-state index < -0.39 is 0 Å². The maximum absolute atomic E-state index is 4.77. The second-order valence-corrected chi connectivity index (χ2v) is 7.93. The van der Waals surface area contributed by atoms with Crippen molar-refractivity contribution in [2.45, 2.75) is 77.5 Å². The lowest BCUT2D eigenvalue weighted by atomic mass is 10.1. The van der Waals surface area contributed by atoms with Crippen LogP contribution in [-0.4, -0.2) is 47.6 Å². The third-order valence-corrected chi connectivity index (χ3v) is 5.31. The first-order chi connectivity index (χ1) is 13.0. The van der Waals surface area contributed by atoms with Crippen LogP contribution in [0.4, 0.5) is 0 Å². The molecule has 0 radical (unpaired) electrons. The molecule has 9 nitrogen and oxygen atoms in total. The molecule has 2 aromatic heterocycles. The fraction of sp³-hybridized carbons (Fsp3) is 0.722. The summed E-state index contributed by atoms with van der Waals surface area (Å²) < 4.78 is 4.25. The van der Waals surface area contributed by atoms with Crippen LogP contribution in [-0.2, 0) is 26.6 Å². The smallest absolute Gasteiger partial charge is 0.192 e. The molecule has 9 heteroatoms. The summed E-state index contributed by atoms with van der Waals surface area (Å²) in [5, 5.41) is 24.2. The molecular formula is C18H29N9. The lowest BCUT2D eigenvalue weighted by molar-refractivity contribution is 0.407. The number of rotatable bonds is 5. The van der Waals surface area contributed by atoms with Gasteiger partial charge in [0.25, 0.3) is 0 Å². The molecule has 1 aliphatic heterocycles. The number of aromatic nitrogens is 6. The highest BCUT2D eigenvalue weighted by molar-refractivity contribution is 5.80. The quantitative estimate of drug-likeness (QED) is 0.602. The molecular weight excluding hydrogens is 342 g/mol. The zero-order valence-corrected chi connectivity index (χ0v) is 16.6. The largest absolute Gasteiger partial charge is 0.354 e. The average Bonchev–Trinajstić information content (AvgIpc) is 3.26. The molecule has 2 N–H and O–H groups in total. The van der Waals surface area contributed by atoms with Crippen LogP contribution < -0.4 is 10.6 Å². The Balaban J connectivity index is 1.46. The predicted molar refractivity (Wildman–Crippen MR) is 102 cm³/mol. The number of aliphatic imine (C=N–C) groups is 1. The van der Waals surface area contributed by atoms with Gasteiger partial charge in [-0.25, -0.2) is 4.99 Å². The molecule has 1 aliphatic carbocycles. The summed E-state index contributed by atoms with van der Waals surface area (Å²) >= 11 is 0. The molecule has 1 atom stereocenters. The Morgan fingerprint density at radius 1 is 1.11 bits per heavy atom. The summed E-state index contributed by atoms with van der Waals surface area (Å²) in [6.45, 7) is 7.68. The second-order valence-electron chi connectivity index (χ2n) is 7.93. The van der Waals surface area contributed by atoms with Crippen LogP contribution in [0.25, 0.3) is 0 Å². The maximum atomic E-state index is 4.77. The van der Waals surface area contributed by atoms with E-state index in [1.54, 1.807) is 0 Å². The van der Waals surface area contributed by atoms with Crippen LogP contribution in [0.5, 0.6) is 0 Å². The first-order valence-corrected chi connectivity index (χ1v) is 9.85. The molecule has 0 amide bonds. The number of nitrogens with one attached hydrogen (secondary N) is 2. The summed E-state index contributed by atoms with van der Waals surface area (Å²) in [7, 11) is 1.98. The molecule has 0 spiro atoms. The Labute approximate surface area is 159 Å². The fourth-order valence-corrected chi connectivity index (χ4v) is 3.38. The summed E-state index contributed by atoms with van der Waals surface area (Å²) in [6, 6.07) is 0.856. The minimum atomic E-state index is 0.317. The Morgan fingerprint density at radius 3 is 2.56 bits per heavy atom. The van der Waals surface area contributed by atoms with Crippen LogP contribution in [0, 0.1) is 6.92 Å². The van der Waals surface area contributed by atoms with Gasteiger partial charge in [-0.1, -0.05) is 13.8 Å². The van der Waals surface area contributed by atoms with Gasteiger partial charge in [-0.3, -0.25) is 0 Å². The molecule has 0 bridgehead atoms. The zero-order chi connectivity index (χ0) is 19.0. The first-order valence-electron chi connectivity index (χ1n) is 9.85. The molecule has 2 aliphatic rings. The summed E-state index contributed by atoms with van der Waals surface area (Å²) in [5.74, 6) is 5.18. The van der Waals surface area contributed by atoms with Crippen LogP contribution in [0.15, 0.2) is 4.99 Å². The van der Waals surface area contributed by atoms with Crippen molar-refractivity contribution in [3.8, 4) is 0 Å². The number of aryl methyl sites for hydroxylation is 2. The van der Waals surface area contributed by atoms with E-state index in [0.29, 0.717) is 24.5 Å². The normalized spacial score (nSPS) is 20.0. The molecule has 2 aromatic rings. The van der Waals surface area contributed by atoms with Crippen molar-refractivity contribution in [2.24, 2.45) is 12.0 Å². The SMILES string of the molecule is Cc1nnc(CN=C(NC2CC2)NC2CCc3nnc(C(C)C)n3C2)n1C. The summed E-state index contributed by atoms with van der Waals surface area (Å²) in [5.41, 5.74) is 0. The van der Waals surface area contributed by atoms with E-state index in [1.807, 2.05) is 18.5 Å². The van der Waals surface area contributed by atoms with E-state index in [-0.39, 0.29) is 0 Å². The highest BCUT2D eigenvalue weighted by Gasteiger charge is 2.27. The zero-order valence-electron chi connectivity index (χ0n) is 16.6. The van der Waals surface area contributed by atoms with Gasteiger partial charge < -0.3 is 19.8 Å². The molecule has 4 rings (SSSR count). The van der Waals surface area contributed by atoms with Gasteiger partial charge in [0.15, 0.2) is 11.8 Å². The van der Waals surface area contributed by atoms with E-state index in [0.717, 1.165) is 48.6 Å². The van der Waals surface area contributed by atoms with Crippen molar-refractivity contribution in [3.63, 3.8) is 0 Å². The van der Waals surface area contributed by atoms with Crippen molar-refractivity contribution >= 4 is 5.96 Å². The van der Waals surface area contributed by atoms with E-state index >= 15 is 0 Å². The Hall–Kier alpha value is -2.45. The third-order valence-electron chi connectivity index (χ3n) is 5.31. The standard InChI is InChI=1S/C18H29N9/c1-11(2)17-25-23-15-8-7-14(10-27(15)17)21-18(20-13-5-6-13)19-9-16-24-22-12(3)26(16)4/h11,13-14H,5-10H2,1-4H3,(H2,19,20,21). The number of fused-ring (bicyclic) bond motifs is 1. The minimum Gasteiger partial charge on any atom is -0.354 e. The van der Waals surface area contributed by atoms with E-state index in [4.69, 9.17) is 4.99 Å². The van der Waals surface area contributed by atoms with Crippen LogP contribution in [0.2, 0.25) is 0 Å². The van der Waals surface area contributed by atoms with Gasteiger partial charge in [0.05, 0.1) is 0 Å². The maximum Gasteiger partial charge on any atom is 0.192 e. The van der Waals surface area contributed by atoms with Crippen molar-refractivity contribution in [1.82, 2.24) is 40.2 Å². The molecule has 27 heavy (non-hydrogen) atoms. The predicted octanol–water partition coefficient (Wildman–Crippen LogP) is 1.05. The minimum absolute atomic E-state index is 0.317. The lowest BCUT2D eigenvalue weighted by Crippen LogP contribution is -2.47. The summed E-state index contributed by atoms with van der Waals surface area (Å²) in [4.78, 5) is 4.77. The Bertz CT molecular complexity index is 828. The number of hydrogen-bond donors (Lipinski definition) is 2.